The molecule has 0 aliphatic heterocycles. The van der Waals surface area contributed by atoms with Gasteiger partial charge >= 0.3 is 368 Å². The molecule has 39 heavy (non-hydrogen) atoms. The Morgan fingerprint density at radius 1 is 0.487 bits per heavy atom. The summed E-state index contributed by atoms with van der Waals surface area (Å²) in [7, 11) is -13.8. The number of nitrogens with two attached hydrogens (primary N) is 2. The Bertz CT molecular complexity index is 205. The summed E-state index contributed by atoms with van der Waals surface area (Å²) in [5, 5.41) is 130. The van der Waals surface area contributed by atoms with Crippen molar-refractivity contribution >= 4 is 42.6 Å². The molecule has 0 bridgehead atoms. The third-order valence-corrected chi connectivity index (χ3v) is 0. The average Bonchev–Trinajstić information content (AvgIpc) is 2.22. The summed E-state index contributed by atoms with van der Waals surface area (Å²) in [6, 6.07) is -0.833. The number of hydrogen-bond donors (Lipinski definition) is 6. The van der Waals surface area contributed by atoms with Gasteiger partial charge in [-0.05, 0) is 6.92 Å². The molecule has 0 unspecified atom stereocenters. The molecular formula is C3H13B5N2Na12O17. The summed E-state index contributed by atoms with van der Waals surface area (Å²) in [5.74, 6) is 0. The molecular weight excluding hydrogens is 666 g/mol. The summed E-state index contributed by atoms with van der Waals surface area (Å²) < 4.78 is 0. The standard InChI is InChI=1S/C2H6O.CH4N2O.BH3O3.4BO3.12Na/c1-2-3;6*2-1(3)4;;;;;;;;;;;;/h3H,2H2,1H3;(H4,2,3,4);2-4H;;;;;;;;;;;;;;;;/q;;;4*-3;12*+1. The van der Waals surface area contributed by atoms with Crippen LogP contribution in [-0.4, -0.2) is 69.4 Å². The first kappa shape index (κ1) is 125. The van der Waals surface area contributed by atoms with Gasteiger partial charge in [0.25, 0.3) is 0 Å². The van der Waals surface area contributed by atoms with Gasteiger partial charge in [0.1, 0.15) is 0 Å². The SMILES string of the molecule is CCO.NC(N)=O.OB(O)O.[Na+].[Na+].[Na+].[Na+].[Na+].[Na+].[Na+].[Na+].[Na+].[Na+].[Na+].[Na+].[O-]B([O-])[O-].[O-]B([O-])[O-].[O-]B([O-])[O-].[O-]B([O-])[O-]. The van der Waals surface area contributed by atoms with Crippen LogP contribution in [0.5, 0.6) is 0 Å². The van der Waals surface area contributed by atoms with Gasteiger partial charge in [0.15, 0.2) is 0 Å². The molecule has 0 rings (SSSR count). The summed E-state index contributed by atoms with van der Waals surface area (Å²) in [6.45, 7) is 1.93. The molecule has 2 amide bonds. The molecule has 0 aromatic heterocycles. The molecule has 0 saturated heterocycles. The molecule has 0 aromatic carbocycles. The minimum absolute atomic E-state index is 0. The number of amides is 2. The molecule has 19 nitrogen and oxygen atoms in total. The van der Waals surface area contributed by atoms with Crippen LogP contribution in [0.1, 0.15) is 6.92 Å². The van der Waals surface area contributed by atoms with Gasteiger partial charge in [-0.25, -0.2) is 4.79 Å². The van der Waals surface area contributed by atoms with Crippen molar-refractivity contribution in [2.75, 3.05) is 6.61 Å². The number of aliphatic hydroxyl groups is 1. The molecule has 8 N–H and O–H groups in total. The second-order valence-corrected chi connectivity index (χ2v) is 2.22. The van der Waals surface area contributed by atoms with Crippen molar-refractivity contribution in [3.63, 3.8) is 0 Å². The number of carbonyl (C=O) groups is 1. The van der Waals surface area contributed by atoms with E-state index in [4.69, 9.17) is 85.3 Å². The normalized spacial score (nSPS) is 4.54. The number of carbonyl (C=O) groups excluding carboxylic acids is 1. The van der Waals surface area contributed by atoms with Gasteiger partial charge in [-0.15, -0.1) is 0 Å². The summed E-state index contributed by atoms with van der Waals surface area (Å²) >= 11 is 0. The molecule has 0 radical (unpaired) electrons. The van der Waals surface area contributed by atoms with Crippen LogP contribution in [0.25, 0.3) is 0 Å². The smallest absolute Gasteiger partial charge is 0.907 e. The van der Waals surface area contributed by atoms with Crippen molar-refractivity contribution in [3.8, 4) is 0 Å². The van der Waals surface area contributed by atoms with Crippen molar-refractivity contribution in [1.82, 2.24) is 0 Å². The van der Waals surface area contributed by atoms with Crippen LogP contribution in [0.2, 0.25) is 0 Å². The summed E-state index contributed by atoms with van der Waals surface area (Å²) in [6.07, 6.45) is 0. The van der Waals surface area contributed by atoms with Gasteiger partial charge in [-0.3, -0.25) is 29.3 Å². The predicted molar refractivity (Wildman–Crippen MR) is 62.0 cm³/mol. The fraction of sp³-hybridized carbons (Fsp3) is 0.667. The van der Waals surface area contributed by atoms with Crippen molar-refractivity contribution in [1.29, 1.82) is 0 Å². The topological polar surface area (TPSA) is 427 Å². The maximum atomic E-state index is 9.00. The number of rotatable bonds is 0. The van der Waals surface area contributed by atoms with Gasteiger partial charge in [-0.2, -0.15) is 0 Å². The van der Waals surface area contributed by atoms with Crippen molar-refractivity contribution in [2.45, 2.75) is 6.92 Å². The minimum Gasteiger partial charge on any atom is -0.907 e. The van der Waals surface area contributed by atoms with E-state index in [1.54, 1.807) is 6.92 Å². The zero-order valence-corrected chi connectivity index (χ0v) is 49.3. The van der Waals surface area contributed by atoms with Crippen molar-refractivity contribution in [3.05, 3.63) is 0 Å². The Balaban J connectivity index is -0.00000000670. The molecule has 0 aliphatic rings. The molecule has 0 saturated carbocycles. The largest absolute Gasteiger partial charge is 1.00 e. The van der Waals surface area contributed by atoms with Gasteiger partial charge in [0.2, 0.25) is 0 Å². The van der Waals surface area contributed by atoms with Crippen LogP contribution in [0.4, 0.5) is 4.79 Å². The van der Waals surface area contributed by atoms with Crippen molar-refractivity contribution < 1.29 is 440 Å². The van der Waals surface area contributed by atoms with E-state index in [9.17, 15) is 0 Å². The van der Waals surface area contributed by atoms with Crippen molar-refractivity contribution in [2.24, 2.45) is 11.5 Å². The monoisotopic (exact) mass is 680 g/mol. The zero-order valence-electron chi connectivity index (χ0n) is 25.3. The van der Waals surface area contributed by atoms with Gasteiger partial charge in [0.05, 0.1) is 0 Å². The Kier molecular flexibility index (Phi) is 402. The number of primary amides is 2. The van der Waals surface area contributed by atoms with E-state index in [0.29, 0.717) is 0 Å². The van der Waals surface area contributed by atoms with Crippen LogP contribution < -0.4 is 426 Å². The summed E-state index contributed by atoms with van der Waals surface area (Å²) in [4.78, 5) is 9.00. The molecule has 164 valence electrons. The van der Waals surface area contributed by atoms with E-state index in [-0.39, 0.29) is 361 Å². The quantitative estimate of drug-likeness (QED) is 0.129. The molecule has 36 heteroatoms. The average molecular weight is 679 g/mol. The van der Waals surface area contributed by atoms with Crippen LogP contribution in [0, 0.1) is 0 Å². The first-order chi connectivity index (χ1) is 11.8. The number of aliphatic hydroxyl groups excluding tert-OH is 1. The minimum atomic E-state index is -2.92. The van der Waals surface area contributed by atoms with Crippen LogP contribution in [-0.2, 0) is 0 Å². The van der Waals surface area contributed by atoms with Crippen LogP contribution in [0.3, 0.4) is 0 Å². The van der Waals surface area contributed by atoms with E-state index in [0.717, 1.165) is 0 Å². The molecule has 0 atom stereocenters. The molecule has 0 fully saturated rings. The van der Waals surface area contributed by atoms with Gasteiger partial charge < -0.3 is 91.9 Å². The second-order valence-electron chi connectivity index (χ2n) is 2.22. The first-order valence-electron chi connectivity index (χ1n) is 5.41. The molecule has 0 aliphatic carbocycles. The molecule has 0 aromatic rings. The fourth-order valence-electron chi connectivity index (χ4n) is 0. The van der Waals surface area contributed by atoms with Crippen LogP contribution >= 0.6 is 0 Å². The Morgan fingerprint density at radius 2 is 0.487 bits per heavy atom. The maximum absolute atomic E-state index is 9.00. The van der Waals surface area contributed by atoms with Gasteiger partial charge in [-0.1, -0.05) is 0 Å². The first-order valence-corrected chi connectivity index (χ1v) is 5.41. The molecule has 0 spiro atoms. The van der Waals surface area contributed by atoms with Crippen LogP contribution in [0.15, 0.2) is 0 Å². The molecule has 0 heterocycles. The third-order valence-electron chi connectivity index (χ3n) is 0. The number of urea groups is 1. The zero-order chi connectivity index (χ0) is 24.2. The second kappa shape index (κ2) is 125. The Morgan fingerprint density at radius 3 is 0.487 bits per heavy atom. The predicted octanol–water partition coefficient (Wildman–Crippen LogP) is -54.8. The number of hydrogen-bond acceptors (Lipinski definition) is 17. The van der Waals surface area contributed by atoms with E-state index in [1.807, 2.05) is 0 Å². The van der Waals surface area contributed by atoms with E-state index < -0.39 is 42.6 Å². The fourth-order valence-corrected chi connectivity index (χ4v) is 0. The Labute approximate surface area is 495 Å². The van der Waals surface area contributed by atoms with E-state index in [2.05, 4.69) is 11.5 Å². The Hall–Kier alpha value is 11.0. The third kappa shape index (κ3) is 899. The van der Waals surface area contributed by atoms with E-state index >= 15 is 0 Å². The summed E-state index contributed by atoms with van der Waals surface area (Å²) in [5.41, 5.74) is 8.50. The van der Waals surface area contributed by atoms with Gasteiger partial charge in [0, 0.05) is 6.61 Å². The maximum Gasteiger partial charge on any atom is 1.00 e. The van der Waals surface area contributed by atoms with E-state index in [1.165, 1.54) is 0 Å².